The molecule has 7 nitrogen and oxygen atoms in total. The lowest BCUT2D eigenvalue weighted by Crippen LogP contribution is -2.15. The molecule has 0 aliphatic carbocycles. The van der Waals surface area contributed by atoms with Crippen LogP contribution in [0.3, 0.4) is 0 Å². The first-order valence-corrected chi connectivity index (χ1v) is 6.97. The molecule has 9 heteroatoms. The van der Waals surface area contributed by atoms with Crippen LogP contribution in [0.25, 0.3) is 0 Å². The number of rotatable bonds is 7. The van der Waals surface area contributed by atoms with Crippen LogP contribution >= 0.6 is 0 Å². The van der Waals surface area contributed by atoms with Gasteiger partial charge in [0.15, 0.2) is 5.69 Å². The molecule has 1 amide bonds. The van der Waals surface area contributed by atoms with E-state index in [0.29, 0.717) is 5.56 Å². The lowest BCUT2D eigenvalue weighted by atomic mass is 10.2. The van der Waals surface area contributed by atoms with E-state index >= 15 is 0 Å². The van der Waals surface area contributed by atoms with E-state index < -0.39 is 18.5 Å². The van der Waals surface area contributed by atoms with Crippen molar-refractivity contribution < 1.29 is 28.2 Å². The molecule has 0 atom stereocenters. The summed E-state index contributed by atoms with van der Waals surface area (Å²) in [5, 5.41) is 15.0. The van der Waals surface area contributed by atoms with Gasteiger partial charge in [-0.2, -0.15) is 13.9 Å². The van der Waals surface area contributed by atoms with Crippen molar-refractivity contribution >= 4 is 17.6 Å². The molecule has 128 valence electrons. The van der Waals surface area contributed by atoms with Crippen LogP contribution < -0.4 is 10.1 Å². The fraction of sp³-hybridized carbons (Fsp3) is 0.267. The number of anilines is 1. The van der Waals surface area contributed by atoms with Crippen molar-refractivity contribution in [1.29, 1.82) is 0 Å². The second kappa shape index (κ2) is 7.53. The zero-order valence-electron chi connectivity index (χ0n) is 12.7. The van der Waals surface area contributed by atoms with Gasteiger partial charge < -0.3 is 15.2 Å². The van der Waals surface area contributed by atoms with Crippen molar-refractivity contribution in [2.75, 3.05) is 5.32 Å². The van der Waals surface area contributed by atoms with Gasteiger partial charge in [-0.05, 0) is 30.7 Å². The Morgan fingerprint density at radius 2 is 2.12 bits per heavy atom. The molecule has 2 N–H and O–H groups in total. The van der Waals surface area contributed by atoms with E-state index in [-0.39, 0.29) is 30.1 Å². The quantitative estimate of drug-likeness (QED) is 0.808. The van der Waals surface area contributed by atoms with Crippen LogP contribution in [0.5, 0.6) is 5.75 Å². The smallest absolute Gasteiger partial charge is 0.387 e. The van der Waals surface area contributed by atoms with Crippen LogP contribution in [0.15, 0.2) is 30.5 Å². The highest BCUT2D eigenvalue weighted by Crippen LogP contribution is 2.27. The Balaban J connectivity index is 2.10. The average molecular weight is 339 g/mol. The van der Waals surface area contributed by atoms with Crippen molar-refractivity contribution in [2.45, 2.75) is 26.5 Å². The summed E-state index contributed by atoms with van der Waals surface area (Å²) in [4.78, 5) is 22.7. The van der Waals surface area contributed by atoms with Crippen LogP contribution in [0.2, 0.25) is 0 Å². The van der Waals surface area contributed by atoms with Crippen molar-refractivity contribution in [2.24, 2.45) is 0 Å². The Bertz CT molecular complexity index is 746. The summed E-state index contributed by atoms with van der Waals surface area (Å²) in [6, 6.07) is 5.87. The van der Waals surface area contributed by atoms with Crippen molar-refractivity contribution in [3.05, 3.63) is 41.7 Å². The summed E-state index contributed by atoms with van der Waals surface area (Å²) < 4.78 is 30.6. The first-order chi connectivity index (χ1) is 11.3. The van der Waals surface area contributed by atoms with E-state index in [1.807, 2.05) is 0 Å². The van der Waals surface area contributed by atoms with Crippen LogP contribution in [-0.2, 0) is 11.3 Å². The number of nitrogens with one attached hydrogen (secondary N) is 1. The van der Waals surface area contributed by atoms with Gasteiger partial charge in [0.1, 0.15) is 5.75 Å². The maximum atomic E-state index is 12.4. The van der Waals surface area contributed by atoms with Gasteiger partial charge in [-0.1, -0.05) is 6.07 Å². The Labute approximate surface area is 135 Å². The number of aliphatic carboxylic acids is 1. The number of hydrogen-bond acceptors (Lipinski definition) is 4. The van der Waals surface area contributed by atoms with Gasteiger partial charge in [-0.3, -0.25) is 14.3 Å². The molecule has 0 saturated heterocycles. The van der Waals surface area contributed by atoms with Gasteiger partial charge in [0.25, 0.3) is 5.91 Å². The van der Waals surface area contributed by atoms with E-state index in [4.69, 9.17) is 5.11 Å². The van der Waals surface area contributed by atoms with Crippen molar-refractivity contribution in [1.82, 2.24) is 9.78 Å². The number of carbonyl (C=O) groups is 2. The molecule has 2 rings (SSSR count). The summed E-state index contributed by atoms with van der Waals surface area (Å²) in [6.45, 7) is -1.20. The third-order valence-corrected chi connectivity index (χ3v) is 3.03. The van der Waals surface area contributed by atoms with E-state index in [1.54, 1.807) is 13.0 Å². The molecule has 0 fully saturated rings. The number of hydrogen-bond donors (Lipinski definition) is 2. The molecule has 0 radical (unpaired) electrons. The third kappa shape index (κ3) is 4.77. The van der Waals surface area contributed by atoms with Gasteiger partial charge in [0, 0.05) is 6.20 Å². The maximum absolute atomic E-state index is 12.4. The molecule has 0 bridgehead atoms. The molecule has 0 unspecified atom stereocenters. The summed E-state index contributed by atoms with van der Waals surface area (Å²) in [6.07, 6.45) is 1.33. The Morgan fingerprint density at radius 3 is 2.79 bits per heavy atom. The minimum atomic E-state index is -3.02. The number of amides is 1. The van der Waals surface area contributed by atoms with Gasteiger partial charge in [-0.15, -0.1) is 0 Å². The van der Waals surface area contributed by atoms with Gasteiger partial charge in [0.05, 0.1) is 18.7 Å². The van der Waals surface area contributed by atoms with Crippen molar-refractivity contribution in [3.63, 3.8) is 0 Å². The number of benzene rings is 1. The van der Waals surface area contributed by atoms with Gasteiger partial charge in [-0.25, -0.2) is 0 Å². The molecule has 1 heterocycles. The molecule has 24 heavy (non-hydrogen) atoms. The van der Waals surface area contributed by atoms with Gasteiger partial charge >= 0.3 is 12.6 Å². The number of alkyl halides is 2. The zero-order valence-corrected chi connectivity index (χ0v) is 12.7. The third-order valence-electron chi connectivity index (χ3n) is 3.03. The lowest BCUT2D eigenvalue weighted by molar-refractivity contribution is -0.137. The monoisotopic (exact) mass is 339 g/mol. The highest BCUT2D eigenvalue weighted by atomic mass is 19.3. The Hall–Kier alpha value is -2.97. The first kappa shape index (κ1) is 17.4. The summed E-state index contributed by atoms with van der Waals surface area (Å²) in [5.41, 5.74) is 0.816. The fourth-order valence-corrected chi connectivity index (χ4v) is 1.93. The fourth-order valence-electron chi connectivity index (χ4n) is 1.93. The summed E-state index contributed by atoms with van der Waals surface area (Å²) in [5.74, 6) is -1.75. The molecular weight excluding hydrogens is 324 g/mol. The molecule has 2 aromatic rings. The highest BCUT2D eigenvalue weighted by molar-refractivity contribution is 6.03. The Kier molecular flexibility index (Phi) is 5.46. The van der Waals surface area contributed by atoms with Crippen LogP contribution in [-0.4, -0.2) is 33.4 Å². The molecule has 1 aromatic heterocycles. The minimum absolute atomic E-state index is 0.0314. The number of carboxylic acids is 1. The van der Waals surface area contributed by atoms with Gasteiger partial charge in [0.2, 0.25) is 0 Å². The van der Waals surface area contributed by atoms with E-state index in [9.17, 15) is 18.4 Å². The number of aromatic nitrogens is 2. The zero-order chi connectivity index (χ0) is 17.7. The average Bonchev–Trinajstić information content (AvgIpc) is 2.96. The molecule has 0 spiro atoms. The second-order valence-electron chi connectivity index (χ2n) is 4.94. The van der Waals surface area contributed by atoms with Crippen LogP contribution in [0, 0.1) is 6.92 Å². The Morgan fingerprint density at radius 1 is 1.38 bits per heavy atom. The lowest BCUT2D eigenvalue weighted by Gasteiger charge is -2.12. The number of carbonyl (C=O) groups excluding carboxylic acids is 1. The van der Waals surface area contributed by atoms with E-state index in [2.05, 4.69) is 15.2 Å². The summed E-state index contributed by atoms with van der Waals surface area (Å²) >= 11 is 0. The minimum Gasteiger partial charge on any atom is -0.481 e. The standard InChI is InChI=1S/C15H15F2N3O4/c1-9-2-3-10(12(8-9)24-15(16)17)18-14(23)11-4-6-20(19-11)7-5-13(21)22/h2-4,6,8,15H,5,7H2,1H3,(H,18,23)(H,21,22). The molecule has 0 aliphatic heterocycles. The second-order valence-corrected chi connectivity index (χ2v) is 4.94. The number of aryl methyl sites for hydroxylation is 2. The molecule has 0 saturated carbocycles. The largest absolute Gasteiger partial charge is 0.481 e. The normalized spacial score (nSPS) is 10.7. The molecular formula is C15H15F2N3O4. The molecule has 0 aliphatic rings. The topological polar surface area (TPSA) is 93.5 Å². The number of nitrogens with zero attached hydrogens (tertiary/aromatic N) is 2. The van der Waals surface area contributed by atoms with E-state index in [0.717, 1.165) is 0 Å². The maximum Gasteiger partial charge on any atom is 0.387 e. The molecule has 1 aromatic carbocycles. The highest BCUT2D eigenvalue weighted by Gasteiger charge is 2.15. The van der Waals surface area contributed by atoms with Crippen molar-refractivity contribution in [3.8, 4) is 5.75 Å². The first-order valence-electron chi connectivity index (χ1n) is 6.97. The van der Waals surface area contributed by atoms with E-state index in [1.165, 1.54) is 29.1 Å². The number of carboxylic acid groups (broad SMARTS) is 1. The van der Waals surface area contributed by atoms with Crippen LogP contribution in [0.1, 0.15) is 22.5 Å². The number of halogens is 2. The number of ether oxygens (including phenoxy) is 1. The predicted octanol–water partition coefficient (Wildman–Crippen LogP) is 2.52. The van der Waals surface area contributed by atoms with Crippen LogP contribution in [0.4, 0.5) is 14.5 Å². The summed E-state index contributed by atoms with van der Waals surface area (Å²) in [7, 11) is 0. The SMILES string of the molecule is Cc1ccc(NC(=O)c2ccn(CCC(=O)O)n2)c(OC(F)F)c1. The predicted molar refractivity (Wildman–Crippen MR) is 80.2 cm³/mol.